The number of halogens is 2. The Bertz CT molecular complexity index is 1390. The number of methoxy groups -OCH3 is 1. The Morgan fingerprint density at radius 2 is 1.80 bits per heavy atom. The number of hydrogen-bond donors (Lipinski definition) is 2. The van der Waals surface area contributed by atoms with Gasteiger partial charge in [-0.25, -0.2) is 4.79 Å². The number of allylic oxidation sites excluding steroid dienone is 1. The number of carbonyl (C=O) groups excluding carboxylic acids is 3. The smallest absolute Gasteiger partial charge is 0.339 e. The van der Waals surface area contributed by atoms with E-state index in [1.807, 2.05) is 38.1 Å². The highest BCUT2D eigenvalue weighted by Crippen LogP contribution is 2.57. The standard InChI is InChI=1S/C26H23Br2N3O4/c1-25(2)11-18-20(19(32)12-25)26(16-10-14(28)7-8-17(16)30-24(26)34)21(23(33)35-3)22(29)31(18)15-6-4-5-13(27)9-15/h4-10H,11-12,29H2,1-3H3,(H,30,34). The van der Waals surface area contributed by atoms with Crippen molar-refractivity contribution in [2.75, 3.05) is 17.3 Å². The highest BCUT2D eigenvalue weighted by molar-refractivity contribution is 9.10. The number of esters is 1. The van der Waals surface area contributed by atoms with Crippen LogP contribution in [0.3, 0.4) is 0 Å². The fourth-order valence-corrected chi connectivity index (χ4v) is 6.27. The van der Waals surface area contributed by atoms with Gasteiger partial charge in [0.05, 0.1) is 7.11 Å². The van der Waals surface area contributed by atoms with Crippen molar-refractivity contribution < 1.29 is 19.1 Å². The van der Waals surface area contributed by atoms with Crippen LogP contribution in [0.15, 0.2) is 74.1 Å². The average molecular weight is 601 g/mol. The van der Waals surface area contributed by atoms with Gasteiger partial charge in [-0.3, -0.25) is 14.5 Å². The third kappa shape index (κ3) is 3.39. The summed E-state index contributed by atoms with van der Waals surface area (Å²) in [4.78, 5) is 43.0. The molecule has 2 heterocycles. The molecule has 1 unspecified atom stereocenters. The van der Waals surface area contributed by atoms with Gasteiger partial charge in [0.1, 0.15) is 16.8 Å². The summed E-state index contributed by atoms with van der Waals surface area (Å²) in [5, 5.41) is 2.88. The fraction of sp³-hybridized carbons (Fsp3) is 0.269. The Morgan fingerprint density at radius 1 is 1.09 bits per heavy atom. The quantitative estimate of drug-likeness (QED) is 0.475. The van der Waals surface area contributed by atoms with E-state index in [0.29, 0.717) is 33.5 Å². The molecular formula is C26H23Br2N3O4. The van der Waals surface area contributed by atoms with E-state index in [4.69, 9.17) is 10.5 Å². The molecular weight excluding hydrogens is 578 g/mol. The molecule has 1 spiro atoms. The van der Waals surface area contributed by atoms with Crippen LogP contribution in [0.1, 0.15) is 32.3 Å². The maximum atomic E-state index is 14.0. The fourth-order valence-electron chi connectivity index (χ4n) is 5.52. The van der Waals surface area contributed by atoms with Crippen molar-refractivity contribution in [1.82, 2.24) is 0 Å². The van der Waals surface area contributed by atoms with Gasteiger partial charge in [-0.1, -0.05) is 51.8 Å². The van der Waals surface area contributed by atoms with Crippen LogP contribution in [0.5, 0.6) is 0 Å². The first-order chi connectivity index (χ1) is 16.5. The van der Waals surface area contributed by atoms with E-state index in [-0.39, 0.29) is 34.6 Å². The van der Waals surface area contributed by atoms with Crippen molar-refractivity contribution in [3.63, 3.8) is 0 Å². The number of Topliss-reactive ketones (excluding diaryl/α,β-unsaturated/α-hetero) is 1. The van der Waals surface area contributed by atoms with Crippen molar-refractivity contribution in [3.05, 3.63) is 79.6 Å². The second kappa shape index (κ2) is 8.06. The number of carbonyl (C=O) groups is 3. The van der Waals surface area contributed by atoms with E-state index >= 15 is 0 Å². The summed E-state index contributed by atoms with van der Waals surface area (Å²) in [6.45, 7) is 4.02. The molecule has 3 N–H and O–H groups in total. The minimum atomic E-state index is -1.72. The summed E-state index contributed by atoms with van der Waals surface area (Å²) < 4.78 is 6.67. The van der Waals surface area contributed by atoms with Crippen molar-refractivity contribution in [2.45, 2.75) is 32.1 Å². The molecule has 0 aromatic heterocycles. The zero-order chi connectivity index (χ0) is 25.3. The van der Waals surface area contributed by atoms with E-state index in [0.717, 1.165) is 4.47 Å². The van der Waals surface area contributed by atoms with Crippen LogP contribution >= 0.6 is 31.9 Å². The molecule has 1 atom stereocenters. The Kier molecular flexibility index (Phi) is 5.49. The number of nitrogens with two attached hydrogens (primary N) is 1. The molecule has 9 heteroatoms. The lowest BCUT2D eigenvalue weighted by molar-refractivity contribution is -0.138. The first-order valence-electron chi connectivity index (χ1n) is 11.0. The van der Waals surface area contributed by atoms with Crippen LogP contribution in [0.25, 0.3) is 0 Å². The summed E-state index contributed by atoms with van der Waals surface area (Å²) in [6.07, 6.45) is 0.707. The molecule has 2 aromatic carbocycles. The third-order valence-corrected chi connectivity index (χ3v) is 7.79. The number of anilines is 2. The molecule has 5 rings (SSSR count). The lowest BCUT2D eigenvalue weighted by Crippen LogP contribution is -2.54. The predicted molar refractivity (Wildman–Crippen MR) is 139 cm³/mol. The number of fused-ring (bicyclic) bond motifs is 3. The van der Waals surface area contributed by atoms with Crippen molar-refractivity contribution in [1.29, 1.82) is 0 Å². The molecule has 0 saturated carbocycles. The van der Waals surface area contributed by atoms with Crippen molar-refractivity contribution in [2.24, 2.45) is 11.1 Å². The molecule has 2 aromatic rings. The molecule has 180 valence electrons. The summed E-state index contributed by atoms with van der Waals surface area (Å²) in [5.74, 6) is -1.41. The molecule has 2 aliphatic heterocycles. The Hall–Kier alpha value is -2.91. The van der Waals surface area contributed by atoms with Crippen LogP contribution in [0.2, 0.25) is 0 Å². The van der Waals surface area contributed by atoms with Crippen LogP contribution in [-0.2, 0) is 24.5 Å². The van der Waals surface area contributed by atoms with Gasteiger partial charge in [-0.2, -0.15) is 0 Å². The highest BCUT2D eigenvalue weighted by atomic mass is 79.9. The van der Waals surface area contributed by atoms with E-state index in [1.54, 1.807) is 23.1 Å². The number of hydrogen-bond acceptors (Lipinski definition) is 6. The monoisotopic (exact) mass is 599 g/mol. The number of nitrogens with zero attached hydrogens (tertiary/aromatic N) is 1. The SMILES string of the molecule is COC(=O)C1=C(N)N(c2cccc(Br)c2)C2=C(C(=O)CC(C)(C)C2)C12C(=O)Nc1ccc(Br)cc12. The van der Waals surface area contributed by atoms with Crippen LogP contribution in [-0.4, -0.2) is 24.8 Å². The summed E-state index contributed by atoms with van der Waals surface area (Å²) >= 11 is 6.98. The minimum Gasteiger partial charge on any atom is -0.466 e. The minimum absolute atomic E-state index is 0.0576. The lowest BCUT2D eigenvalue weighted by atomic mass is 9.60. The summed E-state index contributed by atoms with van der Waals surface area (Å²) in [6, 6.07) is 12.7. The molecule has 0 radical (unpaired) electrons. The first-order valence-corrected chi connectivity index (χ1v) is 12.6. The highest BCUT2D eigenvalue weighted by Gasteiger charge is 2.63. The lowest BCUT2D eigenvalue weighted by Gasteiger charge is -2.47. The molecule has 3 aliphatic rings. The number of rotatable bonds is 2. The van der Waals surface area contributed by atoms with Crippen molar-refractivity contribution >= 4 is 60.9 Å². The number of ether oxygens (including phenoxy) is 1. The van der Waals surface area contributed by atoms with E-state index in [1.165, 1.54) is 7.11 Å². The Balaban J connectivity index is 1.94. The van der Waals surface area contributed by atoms with Crippen LogP contribution < -0.4 is 16.0 Å². The molecule has 1 amide bonds. The number of nitrogens with one attached hydrogen (secondary N) is 1. The molecule has 7 nitrogen and oxygen atoms in total. The maximum absolute atomic E-state index is 14.0. The van der Waals surface area contributed by atoms with Gasteiger partial charge in [-0.05, 0) is 48.2 Å². The van der Waals surface area contributed by atoms with Crippen LogP contribution in [0, 0.1) is 5.41 Å². The van der Waals surface area contributed by atoms with Gasteiger partial charge in [0.25, 0.3) is 0 Å². The van der Waals surface area contributed by atoms with Crippen molar-refractivity contribution in [3.8, 4) is 0 Å². The second-order valence-electron chi connectivity index (χ2n) is 9.72. The summed E-state index contributed by atoms with van der Waals surface area (Å²) in [5.41, 5.74) is 7.18. The van der Waals surface area contributed by atoms with Gasteiger partial charge in [0.15, 0.2) is 5.78 Å². The molecule has 0 saturated heterocycles. The summed E-state index contributed by atoms with van der Waals surface area (Å²) in [7, 11) is 1.24. The van der Waals surface area contributed by atoms with Gasteiger partial charge in [-0.15, -0.1) is 0 Å². The number of ketones is 1. The largest absolute Gasteiger partial charge is 0.466 e. The molecule has 0 fully saturated rings. The van der Waals surface area contributed by atoms with E-state index in [2.05, 4.69) is 37.2 Å². The van der Waals surface area contributed by atoms with Gasteiger partial charge >= 0.3 is 5.97 Å². The Labute approximate surface area is 219 Å². The zero-order valence-electron chi connectivity index (χ0n) is 19.4. The number of benzene rings is 2. The number of amides is 1. The Morgan fingerprint density at radius 3 is 2.49 bits per heavy atom. The predicted octanol–water partition coefficient (Wildman–Crippen LogP) is 4.91. The van der Waals surface area contributed by atoms with Gasteiger partial charge in [0.2, 0.25) is 5.91 Å². The van der Waals surface area contributed by atoms with Gasteiger partial charge < -0.3 is 15.8 Å². The molecule has 1 aliphatic carbocycles. The van der Waals surface area contributed by atoms with E-state index < -0.39 is 17.3 Å². The normalized spacial score (nSPS) is 22.8. The average Bonchev–Trinajstić information content (AvgIpc) is 3.04. The van der Waals surface area contributed by atoms with E-state index in [9.17, 15) is 14.4 Å². The topological polar surface area (TPSA) is 102 Å². The third-order valence-electron chi connectivity index (χ3n) is 6.80. The molecule has 35 heavy (non-hydrogen) atoms. The first kappa shape index (κ1) is 23.8. The molecule has 0 bridgehead atoms. The maximum Gasteiger partial charge on any atom is 0.339 e. The van der Waals surface area contributed by atoms with Gasteiger partial charge in [0, 0.05) is 43.6 Å². The second-order valence-corrected chi connectivity index (χ2v) is 11.6. The van der Waals surface area contributed by atoms with Crippen LogP contribution in [0.4, 0.5) is 11.4 Å². The zero-order valence-corrected chi connectivity index (χ0v) is 22.5.